The lowest BCUT2D eigenvalue weighted by Gasteiger charge is -2.34. The van der Waals surface area contributed by atoms with Crippen LogP contribution in [0.15, 0.2) is 36.4 Å². The number of nitrogens with zero attached hydrogens (tertiary/aromatic N) is 4. The van der Waals surface area contributed by atoms with E-state index in [1.807, 2.05) is 6.07 Å². The van der Waals surface area contributed by atoms with Crippen molar-refractivity contribution >= 4 is 40.2 Å². The quantitative estimate of drug-likeness (QED) is 0.527. The number of fused-ring (bicyclic) bond motifs is 3. The number of benzene rings is 2. The summed E-state index contributed by atoms with van der Waals surface area (Å²) in [6.45, 7) is -0.391. The van der Waals surface area contributed by atoms with Gasteiger partial charge >= 0.3 is 0 Å². The second-order valence-electron chi connectivity index (χ2n) is 9.08. The third-order valence-corrected chi connectivity index (χ3v) is 7.37. The number of hydrogen-bond donors (Lipinski definition) is 2. The van der Waals surface area contributed by atoms with Crippen LogP contribution in [0.25, 0.3) is 10.9 Å². The van der Waals surface area contributed by atoms with Crippen molar-refractivity contribution < 1.29 is 18.8 Å². The molecular formula is C25H22ClFN6O3. The van der Waals surface area contributed by atoms with Crippen LogP contribution in [-0.4, -0.2) is 44.5 Å². The fraction of sp³-hybridized carbons (Fsp3) is 0.320. The zero-order chi connectivity index (χ0) is 25.6. The number of rotatable bonds is 6. The number of nitriles is 1. The lowest BCUT2D eigenvalue weighted by atomic mass is 9.97. The minimum Gasteiger partial charge on any atom is -0.364 e. The summed E-state index contributed by atoms with van der Waals surface area (Å²) in [4.78, 5) is 40.1. The van der Waals surface area contributed by atoms with Crippen molar-refractivity contribution in [3.63, 3.8) is 0 Å². The first-order valence-corrected chi connectivity index (χ1v) is 11.9. The second kappa shape index (κ2) is 9.24. The number of hydrogen-bond acceptors (Lipinski definition) is 5. The van der Waals surface area contributed by atoms with Gasteiger partial charge in [-0.05, 0) is 43.4 Å². The molecule has 1 saturated heterocycles. The Morgan fingerprint density at radius 2 is 2.00 bits per heavy atom. The van der Waals surface area contributed by atoms with Gasteiger partial charge in [-0.2, -0.15) is 10.4 Å². The SMILES string of the molecule is N#Cc1ccc(Cl)c(F)c1CNC(=O)[C@@H]1[C@H]2CC[C@H](C2)N1C(=O)Cn1nc(C(N)=O)c2ccccc21. The number of amides is 3. The van der Waals surface area contributed by atoms with E-state index in [4.69, 9.17) is 17.3 Å². The predicted molar refractivity (Wildman–Crippen MR) is 128 cm³/mol. The molecule has 3 N–H and O–H groups in total. The highest BCUT2D eigenvalue weighted by Crippen LogP contribution is 2.42. The fourth-order valence-corrected chi connectivity index (χ4v) is 5.65. The van der Waals surface area contributed by atoms with E-state index in [-0.39, 0.29) is 52.8 Å². The van der Waals surface area contributed by atoms with Crippen LogP contribution >= 0.6 is 11.6 Å². The molecule has 3 aromatic rings. The Morgan fingerprint density at radius 3 is 2.75 bits per heavy atom. The van der Waals surface area contributed by atoms with Crippen LogP contribution in [0.3, 0.4) is 0 Å². The lowest BCUT2D eigenvalue weighted by molar-refractivity contribution is -0.143. The molecule has 36 heavy (non-hydrogen) atoms. The maximum Gasteiger partial charge on any atom is 0.269 e. The highest BCUT2D eigenvalue weighted by atomic mass is 35.5. The Kier molecular flexibility index (Phi) is 6.10. The first-order valence-electron chi connectivity index (χ1n) is 11.5. The number of piperidine rings is 1. The molecule has 5 rings (SSSR count). The number of nitrogens with two attached hydrogens (primary N) is 1. The number of aromatic nitrogens is 2. The number of primary amides is 1. The molecule has 2 heterocycles. The average molecular weight is 509 g/mol. The molecule has 2 bridgehead atoms. The molecule has 11 heteroatoms. The van der Waals surface area contributed by atoms with Crippen LogP contribution in [0.4, 0.5) is 4.39 Å². The highest BCUT2D eigenvalue weighted by molar-refractivity contribution is 6.30. The van der Waals surface area contributed by atoms with Gasteiger partial charge in [-0.3, -0.25) is 19.1 Å². The average Bonchev–Trinajstić information content (AvgIpc) is 3.58. The van der Waals surface area contributed by atoms with Gasteiger partial charge in [0, 0.05) is 23.5 Å². The molecule has 3 atom stereocenters. The van der Waals surface area contributed by atoms with Crippen molar-refractivity contribution in [2.75, 3.05) is 0 Å². The summed E-state index contributed by atoms with van der Waals surface area (Å²) in [5.41, 5.74) is 6.20. The van der Waals surface area contributed by atoms with Gasteiger partial charge in [0.25, 0.3) is 5.91 Å². The summed E-state index contributed by atoms with van der Waals surface area (Å²) in [5, 5.41) is 16.7. The Bertz CT molecular complexity index is 1450. The molecule has 9 nitrogen and oxygen atoms in total. The molecule has 2 aromatic carbocycles. The number of likely N-dealkylation sites (tertiary alicyclic amines) is 1. The molecule has 3 amide bonds. The molecule has 1 aliphatic heterocycles. The van der Waals surface area contributed by atoms with Crippen molar-refractivity contribution in [1.29, 1.82) is 5.26 Å². The number of carbonyl (C=O) groups is 3. The van der Waals surface area contributed by atoms with Crippen LogP contribution in [-0.2, 0) is 22.7 Å². The largest absolute Gasteiger partial charge is 0.364 e. The first kappa shape index (κ1) is 23.8. The maximum absolute atomic E-state index is 14.5. The van der Waals surface area contributed by atoms with E-state index < -0.39 is 23.7 Å². The second-order valence-corrected chi connectivity index (χ2v) is 9.48. The molecule has 1 aliphatic carbocycles. The van der Waals surface area contributed by atoms with Crippen molar-refractivity contribution in [2.24, 2.45) is 11.7 Å². The highest BCUT2D eigenvalue weighted by Gasteiger charge is 2.51. The monoisotopic (exact) mass is 508 g/mol. The third-order valence-electron chi connectivity index (χ3n) is 7.07. The van der Waals surface area contributed by atoms with Gasteiger partial charge in [-0.15, -0.1) is 0 Å². The summed E-state index contributed by atoms with van der Waals surface area (Å²) in [6.07, 6.45) is 2.29. The minimum atomic E-state index is -0.757. The smallest absolute Gasteiger partial charge is 0.269 e. The maximum atomic E-state index is 14.5. The van der Waals surface area contributed by atoms with E-state index >= 15 is 0 Å². The lowest BCUT2D eigenvalue weighted by Crippen LogP contribution is -2.53. The van der Waals surface area contributed by atoms with E-state index in [0.29, 0.717) is 17.3 Å². The van der Waals surface area contributed by atoms with Gasteiger partial charge in [0.05, 0.1) is 22.2 Å². The molecular weight excluding hydrogens is 487 g/mol. The standard InChI is InChI=1S/C25H22ClFN6O3/c26-18-8-6-14(10-28)17(21(18)27)11-30-25(36)23-13-5-7-15(9-13)33(23)20(34)12-32-19-4-2-1-3-16(19)22(31-32)24(29)35/h1-4,6,8,13,15,23H,5,7,9,11-12H2,(H2,29,35)(H,30,36)/t13-,15+,23-/m0/s1. The third kappa shape index (κ3) is 3.95. The number of halogens is 2. The van der Waals surface area contributed by atoms with Crippen LogP contribution in [0, 0.1) is 23.1 Å². The predicted octanol–water partition coefficient (Wildman–Crippen LogP) is 2.50. The van der Waals surface area contributed by atoms with Crippen molar-refractivity contribution in [3.8, 4) is 6.07 Å². The Balaban J connectivity index is 1.37. The summed E-state index contributed by atoms with van der Waals surface area (Å²) >= 11 is 5.85. The Hall–Kier alpha value is -3.97. The van der Waals surface area contributed by atoms with Crippen LogP contribution in [0.1, 0.15) is 40.9 Å². The molecule has 1 aromatic heterocycles. The molecule has 0 radical (unpaired) electrons. The summed E-state index contributed by atoms with van der Waals surface area (Å²) in [7, 11) is 0. The van der Waals surface area contributed by atoms with Crippen molar-refractivity contribution in [2.45, 2.75) is 44.4 Å². The van der Waals surface area contributed by atoms with E-state index in [9.17, 15) is 24.0 Å². The van der Waals surface area contributed by atoms with Crippen molar-refractivity contribution in [3.05, 3.63) is 64.1 Å². The van der Waals surface area contributed by atoms with Gasteiger partial charge in [0.1, 0.15) is 18.4 Å². The van der Waals surface area contributed by atoms with Gasteiger partial charge in [-0.25, -0.2) is 4.39 Å². The topological polar surface area (TPSA) is 134 Å². The molecule has 1 saturated carbocycles. The van der Waals surface area contributed by atoms with E-state index in [1.54, 1.807) is 29.2 Å². The van der Waals surface area contributed by atoms with Crippen LogP contribution in [0.2, 0.25) is 5.02 Å². The van der Waals surface area contributed by atoms with Crippen molar-refractivity contribution in [1.82, 2.24) is 20.0 Å². The molecule has 2 fully saturated rings. The zero-order valence-corrected chi connectivity index (χ0v) is 19.8. The summed E-state index contributed by atoms with van der Waals surface area (Å²) in [6, 6.07) is 10.8. The fourth-order valence-electron chi connectivity index (χ4n) is 5.47. The zero-order valence-electron chi connectivity index (χ0n) is 19.1. The van der Waals surface area contributed by atoms with Gasteiger partial charge in [0.2, 0.25) is 11.8 Å². The normalized spacial score (nSPS) is 20.5. The van der Waals surface area contributed by atoms with E-state index in [2.05, 4.69) is 10.4 Å². The number of carbonyl (C=O) groups excluding carboxylic acids is 3. The Labute approximate surface area is 210 Å². The van der Waals surface area contributed by atoms with E-state index in [1.165, 1.54) is 16.8 Å². The van der Waals surface area contributed by atoms with E-state index in [0.717, 1.165) is 12.8 Å². The van der Waals surface area contributed by atoms with Gasteiger partial charge < -0.3 is 16.0 Å². The Morgan fingerprint density at radius 1 is 1.22 bits per heavy atom. The number of nitrogens with one attached hydrogen (secondary N) is 1. The van der Waals surface area contributed by atoms with Gasteiger partial charge in [-0.1, -0.05) is 29.8 Å². The van der Waals surface area contributed by atoms with Gasteiger partial charge in [0.15, 0.2) is 5.69 Å². The molecule has 0 spiro atoms. The minimum absolute atomic E-state index is 0.00127. The number of para-hydroxylation sites is 1. The van der Waals surface area contributed by atoms with Crippen LogP contribution in [0.5, 0.6) is 0 Å². The van der Waals surface area contributed by atoms with Crippen LogP contribution < -0.4 is 11.1 Å². The summed E-state index contributed by atoms with van der Waals surface area (Å²) in [5.74, 6) is -2.19. The molecule has 0 unspecified atom stereocenters. The first-order chi connectivity index (χ1) is 17.3. The summed E-state index contributed by atoms with van der Waals surface area (Å²) < 4.78 is 15.9. The molecule has 2 aliphatic rings. The molecule has 184 valence electrons.